The lowest BCUT2D eigenvalue weighted by atomic mass is 10.2. The lowest BCUT2D eigenvalue weighted by molar-refractivity contribution is 0.123. The highest BCUT2D eigenvalue weighted by molar-refractivity contribution is 7.92. The average molecular weight is 363 g/mol. The van der Waals surface area contributed by atoms with E-state index < -0.39 is 10.0 Å². The van der Waals surface area contributed by atoms with Crippen LogP contribution in [0.3, 0.4) is 0 Å². The normalized spacial score (nSPS) is 15.0. The zero-order chi connectivity index (χ0) is 17.9. The lowest BCUT2D eigenvalue weighted by Gasteiger charge is -2.30. The van der Waals surface area contributed by atoms with E-state index in [1.807, 2.05) is 0 Å². The maximum Gasteiger partial charge on any atom is 0.261 e. The van der Waals surface area contributed by atoms with Gasteiger partial charge >= 0.3 is 0 Å². The predicted molar refractivity (Wildman–Crippen MR) is 97.7 cm³/mol. The van der Waals surface area contributed by atoms with Crippen molar-refractivity contribution in [3.05, 3.63) is 42.5 Å². The van der Waals surface area contributed by atoms with Gasteiger partial charge in [0.2, 0.25) is 0 Å². The van der Waals surface area contributed by atoms with Crippen LogP contribution in [0.25, 0.3) is 0 Å². The number of nitrogens with one attached hydrogen (secondary N) is 1. The van der Waals surface area contributed by atoms with Gasteiger partial charge in [0.15, 0.2) is 0 Å². The highest BCUT2D eigenvalue weighted by Gasteiger charge is 2.19. The summed E-state index contributed by atoms with van der Waals surface area (Å²) in [6.45, 7) is 2.75. The molecule has 0 radical (unpaired) electrons. The molecule has 1 aliphatic heterocycles. The molecule has 1 heterocycles. The van der Waals surface area contributed by atoms with Gasteiger partial charge in [0.25, 0.3) is 10.0 Å². The number of nitrogens with zero attached hydrogens (tertiary/aromatic N) is 1. The number of benzene rings is 2. The van der Waals surface area contributed by atoms with E-state index in [9.17, 15) is 8.42 Å². The van der Waals surface area contributed by atoms with Gasteiger partial charge in [0.05, 0.1) is 36.6 Å². The molecule has 7 nitrogen and oxygen atoms in total. The Morgan fingerprint density at radius 3 is 2.40 bits per heavy atom. The Kier molecular flexibility index (Phi) is 5.00. The molecular weight excluding hydrogens is 342 g/mol. The molecule has 1 fully saturated rings. The van der Waals surface area contributed by atoms with Crippen molar-refractivity contribution in [1.82, 2.24) is 0 Å². The minimum absolute atomic E-state index is 0.123. The quantitative estimate of drug-likeness (QED) is 0.788. The summed E-state index contributed by atoms with van der Waals surface area (Å²) in [5.41, 5.74) is 7.80. The van der Waals surface area contributed by atoms with Crippen molar-refractivity contribution in [3.63, 3.8) is 0 Å². The second-order valence-electron chi connectivity index (χ2n) is 5.65. The zero-order valence-corrected chi connectivity index (χ0v) is 14.8. The molecule has 25 heavy (non-hydrogen) atoms. The maximum atomic E-state index is 12.6. The van der Waals surface area contributed by atoms with Crippen LogP contribution in [0, 0.1) is 0 Å². The van der Waals surface area contributed by atoms with Crippen LogP contribution in [0.1, 0.15) is 0 Å². The van der Waals surface area contributed by atoms with Crippen LogP contribution in [0.5, 0.6) is 5.75 Å². The van der Waals surface area contributed by atoms with Crippen LogP contribution < -0.4 is 20.1 Å². The van der Waals surface area contributed by atoms with Crippen LogP contribution in [0.2, 0.25) is 0 Å². The van der Waals surface area contributed by atoms with Crippen LogP contribution in [-0.2, 0) is 14.8 Å². The lowest BCUT2D eigenvalue weighted by Crippen LogP contribution is -2.36. The van der Waals surface area contributed by atoms with E-state index in [2.05, 4.69) is 9.62 Å². The van der Waals surface area contributed by atoms with E-state index >= 15 is 0 Å². The van der Waals surface area contributed by atoms with Crippen molar-refractivity contribution in [2.45, 2.75) is 4.90 Å². The molecule has 0 unspecified atom stereocenters. The van der Waals surface area contributed by atoms with Crippen LogP contribution in [0.4, 0.5) is 17.1 Å². The highest BCUT2D eigenvalue weighted by Crippen LogP contribution is 2.28. The standard InChI is InChI=1S/C17H21N3O4S/c1-23-14-4-2-13(3-5-14)19-25(21,22)15-6-7-17(16(18)12-15)20-8-10-24-11-9-20/h2-7,12,19H,8-11,18H2,1H3. The second kappa shape index (κ2) is 7.20. The first kappa shape index (κ1) is 17.4. The second-order valence-corrected chi connectivity index (χ2v) is 7.34. The summed E-state index contributed by atoms with van der Waals surface area (Å²) in [5, 5.41) is 0. The summed E-state index contributed by atoms with van der Waals surface area (Å²) < 4.78 is 38.1. The molecule has 0 spiro atoms. The monoisotopic (exact) mass is 363 g/mol. The molecule has 0 aromatic heterocycles. The SMILES string of the molecule is COc1ccc(NS(=O)(=O)c2ccc(N3CCOCC3)c(N)c2)cc1. The molecule has 134 valence electrons. The summed E-state index contributed by atoms with van der Waals surface area (Å²) in [5.74, 6) is 0.655. The summed E-state index contributed by atoms with van der Waals surface area (Å²) in [7, 11) is -2.16. The maximum absolute atomic E-state index is 12.6. The third kappa shape index (κ3) is 3.97. The van der Waals surface area contributed by atoms with Crippen molar-refractivity contribution < 1.29 is 17.9 Å². The number of ether oxygens (including phenoxy) is 2. The topological polar surface area (TPSA) is 93.9 Å². The Labute approximate surface area is 147 Å². The molecule has 0 bridgehead atoms. The number of nitrogens with two attached hydrogens (primary N) is 1. The number of sulfonamides is 1. The van der Waals surface area contributed by atoms with E-state index in [1.165, 1.54) is 6.07 Å². The summed E-state index contributed by atoms with van der Waals surface area (Å²) in [6, 6.07) is 11.4. The van der Waals surface area contributed by atoms with Gasteiger partial charge in [0.1, 0.15) is 5.75 Å². The molecule has 0 atom stereocenters. The summed E-state index contributed by atoms with van der Waals surface area (Å²) >= 11 is 0. The van der Waals surface area contributed by atoms with Gasteiger partial charge in [-0.15, -0.1) is 0 Å². The molecule has 2 aromatic carbocycles. The van der Waals surface area contributed by atoms with Crippen molar-refractivity contribution in [1.29, 1.82) is 0 Å². The Bertz CT molecular complexity index is 831. The number of methoxy groups -OCH3 is 1. The van der Waals surface area contributed by atoms with E-state index in [0.717, 1.165) is 18.8 Å². The smallest absolute Gasteiger partial charge is 0.261 e. The Hall–Kier alpha value is -2.45. The molecule has 1 saturated heterocycles. The summed E-state index contributed by atoms with van der Waals surface area (Å²) in [6.07, 6.45) is 0. The molecule has 8 heteroatoms. The highest BCUT2D eigenvalue weighted by atomic mass is 32.2. The number of hydrogen-bond donors (Lipinski definition) is 2. The van der Waals surface area contributed by atoms with Gasteiger partial charge in [-0.1, -0.05) is 0 Å². The molecule has 0 amide bonds. The fraction of sp³-hybridized carbons (Fsp3) is 0.294. The fourth-order valence-corrected chi connectivity index (χ4v) is 3.76. The van der Waals surface area contributed by atoms with Gasteiger partial charge in [-0.2, -0.15) is 0 Å². The van der Waals surface area contributed by atoms with Gasteiger partial charge in [0, 0.05) is 18.8 Å². The van der Waals surface area contributed by atoms with Crippen LogP contribution in [-0.4, -0.2) is 41.8 Å². The third-order valence-corrected chi connectivity index (χ3v) is 5.38. The van der Waals surface area contributed by atoms with Gasteiger partial charge in [-0.3, -0.25) is 4.72 Å². The molecule has 1 aliphatic rings. The van der Waals surface area contributed by atoms with E-state index in [4.69, 9.17) is 15.2 Å². The van der Waals surface area contributed by atoms with Crippen LogP contribution in [0.15, 0.2) is 47.4 Å². The van der Waals surface area contributed by atoms with Crippen molar-refractivity contribution in [2.75, 3.05) is 48.8 Å². The molecule has 0 aliphatic carbocycles. The van der Waals surface area contributed by atoms with Crippen molar-refractivity contribution in [2.24, 2.45) is 0 Å². The van der Waals surface area contributed by atoms with Crippen molar-refractivity contribution >= 4 is 27.1 Å². The van der Waals surface area contributed by atoms with Crippen molar-refractivity contribution in [3.8, 4) is 5.75 Å². The summed E-state index contributed by atoms with van der Waals surface area (Å²) in [4.78, 5) is 2.21. The average Bonchev–Trinajstić information content (AvgIpc) is 2.62. The Balaban J connectivity index is 1.80. The van der Waals surface area contributed by atoms with Gasteiger partial charge < -0.3 is 20.1 Å². The molecular formula is C17H21N3O4S. The first-order valence-electron chi connectivity index (χ1n) is 7.89. The zero-order valence-electron chi connectivity index (χ0n) is 13.9. The Morgan fingerprint density at radius 2 is 1.80 bits per heavy atom. The minimum Gasteiger partial charge on any atom is -0.497 e. The molecule has 3 rings (SSSR count). The fourth-order valence-electron chi connectivity index (χ4n) is 2.67. The molecule has 3 N–H and O–H groups in total. The number of nitrogen functional groups attached to an aromatic ring is 1. The van der Waals surface area contributed by atoms with Crippen LogP contribution >= 0.6 is 0 Å². The van der Waals surface area contributed by atoms with E-state index in [-0.39, 0.29) is 4.90 Å². The predicted octanol–water partition coefficient (Wildman–Crippen LogP) is 1.91. The molecule has 2 aromatic rings. The molecule has 0 saturated carbocycles. The number of rotatable bonds is 5. The third-order valence-electron chi connectivity index (χ3n) is 4.00. The number of hydrogen-bond acceptors (Lipinski definition) is 6. The van der Waals surface area contributed by atoms with Gasteiger partial charge in [-0.05, 0) is 42.5 Å². The minimum atomic E-state index is -3.72. The first-order valence-corrected chi connectivity index (χ1v) is 9.37. The Morgan fingerprint density at radius 1 is 1.12 bits per heavy atom. The van der Waals surface area contributed by atoms with Gasteiger partial charge in [-0.25, -0.2) is 8.42 Å². The van der Waals surface area contributed by atoms with E-state index in [1.54, 1.807) is 43.5 Å². The number of anilines is 3. The largest absolute Gasteiger partial charge is 0.497 e. The first-order chi connectivity index (χ1) is 12.0. The number of morpholine rings is 1. The van der Waals surface area contributed by atoms with E-state index in [0.29, 0.717) is 30.3 Å².